The van der Waals surface area contributed by atoms with Crippen LogP contribution in [0.5, 0.6) is 0 Å². The quantitative estimate of drug-likeness (QED) is 0.786. The number of aliphatic imine (C=N–C) groups is 1. The van der Waals surface area contributed by atoms with Gasteiger partial charge in [-0.3, -0.25) is 4.99 Å². The molecule has 2 N–H and O–H groups in total. The lowest BCUT2D eigenvalue weighted by molar-refractivity contribution is 0.262. The summed E-state index contributed by atoms with van der Waals surface area (Å²) in [5.41, 5.74) is 3.75. The zero-order chi connectivity index (χ0) is 15.0. The number of rotatable bonds is 2. The zero-order valence-electron chi connectivity index (χ0n) is 11.5. The van der Waals surface area contributed by atoms with E-state index >= 15 is 0 Å². The molecule has 0 bridgehead atoms. The standard InChI is InChI=1S/C14H14BrF2N3.H2S/c1-13(19-2)5-6-14(8-16,20-12(13)18)10-7-9(15)3-4-11(10)17;/h3-4,7H,5-6,8H2,1H3,(H2,18,20);1H2/t13?,14-;/m1./s1. The van der Waals surface area contributed by atoms with E-state index in [9.17, 15) is 8.78 Å². The summed E-state index contributed by atoms with van der Waals surface area (Å²) in [7, 11) is 0. The van der Waals surface area contributed by atoms with Gasteiger partial charge in [-0.25, -0.2) is 15.4 Å². The molecule has 114 valence electrons. The van der Waals surface area contributed by atoms with E-state index in [4.69, 9.17) is 12.3 Å². The van der Waals surface area contributed by atoms with E-state index in [-0.39, 0.29) is 31.3 Å². The second-order valence-electron chi connectivity index (χ2n) is 5.17. The van der Waals surface area contributed by atoms with Gasteiger partial charge in [0.2, 0.25) is 0 Å². The van der Waals surface area contributed by atoms with Gasteiger partial charge in [0, 0.05) is 23.4 Å². The van der Waals surface area contributed by atoms with Crippen LogP contribution in [0.4, 0.5) is 8.78 Å². The van der Waals surface area contributed by atoms with Gasteiger partial charge in [-0.2, -0.15) is 13.5 Å². The van der Waals surface area contributed by atoms with Crippen molar-refractivity contribution in [3.63, 3.8) is 0 Å². The van der Waals surface area contributed by atoms with Gasteiger partial charge >= 0.3 is 0 Å². The number of benzene rings is 1. The van der Waals surface area contributed by atoms with Crippen molar-refractivity contribution >= 4 is 35.3 Å². The van der Waals surface area contributed by atoms with Gasteiger partial charge in [-0.1, -0.05) is 15.9 Å². The fourth-order valence-electron chi connectivity index (χ4n) is 2.32. The van der Waals surface area contributed by atoms with Crippen LogP contribution in [0.15, 0.2) is 27.7 Å². The maximum absolute atomic E-state index is 14.0. The number of alkyl halides is 1. The fraction of sp³-hybridized carbons (Fsp3) is 0.429. The molecule has 0 aliphatic carbocycles. The van der Waals surface area contributed by atoms with Gasteiger partial charge in [0.1, 0.15) is 18.0 Å². The molecule has 1 aliphatic heterocycles. The summed E-state index contributed by atoms with van der Waals surface area (Å²) in [6.45, 7) is 7.99. The third kappa shape index (κ3) is 3.06. The van der Waals surface area contributed by atoms with E-state index in [1.165, 1.54) is 12.1 Å². The van der Waals surface area contributed by atoms with Crippen LogP contribution in [0.2, 0.25) is 0 Å². The summed E-state index contributed by atoms with van der Waals surface area (Å²) in [6.07, 6.45) is 0.595. The maximum atomic E-state index is 14.0. The first-order chi connectivity index (χ1) is 9.37. The molecule has 0 radical (unpaired) electrons. The van der Waals surface area contributed by atoms with Crippen LogP contribution in [-0.4, -0.2) is 18.0 Å². The van der Waals surface area contributed by atoms with Crippen LogP contribution < -0.4 is 5.73 Å². The van der Waals surface area contributed by atoms with Crippen molar-refractivity contribution in [1.82, 2.24) is 0 Å². The lowest BCUT2D eigenvalue weighted by Crippen LogP contribution is -2.47. The third-order valence-electron chi connectivity index (χ3n) is 3.81. The van der Waals surface area contributed by atoms with E-state index in [1.807, 2.05) is 0 Å². The van der Waals surface area contributed by atoms with Crippen LogP contribution in [-0.2, 0) is 5.54 Å². The first-order valence-electron chi connectivity index (χ1n) is 6.13. The molecule has 1 unspecified atom stereocenters. The summed E-state index contributed by atoms with van der Waals surface area (Å²) in [6, 6.07) is 4.33. The van der Waals surface area contributed by atoms with Gasteiger partial charge in [0.05, 0.1) is 0 Å². The van der Waals surface area contributed by atoms with Crippen LogP contribution in [0.25, 0.3) is 4.85 Å². The van der Waals surface area contributed by atoms with Crippen LogP contribution >= 0.6 is 29.4 Å². The Balaban J connectivity index is 0.00000220. The Bertz CT molecular complexity index is 617. The molecular formula is C14H16BrF2N3S. The minimum absolute atomic E-state index is 0. The number of nitrogens with zero attached hydrogens (tertiary/aromatic N) is 2. The minimum Gasteiger partial charge on any atom is -0.381 e. The molecule has 0 aromatic heterocycles. The highest BCUT2D eigenvalue weighted by atomic mass is 79.9. The summed E-state index contributed by atoms with van der Waals surface area (Å²) in [4.78, 5) is 7.64. The Labute approximate surface area is 138 Å². The molecular weight excluding hydrogens is 360 g/mol. The van der Waals surface area contributed by atoms with Gasteiger partial charge in [-0.15, -0.1) is 0 Å². The summed E-state index contributed by atoms with van der Waals surface area (Å²) >= 11 is 3.25. The second kappa shape index (κ2) is 6.32. The Morgan fingerprint density at radius 3 is 2.67 bits per heavy atom. The summed E-state index contributed by atoms with van der Waals surface area (Å²) in [5, 5.41) is 0. The van der Waals surface area contributed by atoms with E-state index in [1.54, 1.807) is 13.0 Å². The van der Waals surface area contributed by atoms with E-state index < -0.39 is 23.6 Å². The number of nitrogens with two attached hydrogens (primary N) is 1. The molecule has 1 heterocycles. The lowest BCUT2D eigenvalue weighted by Gasteiger charge is -2.35. The van der Waals surface area contributed by atoms with Crippen molar-refractivity contribution in [2.75, 3.05) is 6.67 Å². The first-order valence-corrected chi connectivity index (χ1v) is 6.92. The molecule has 1 aromatic carbocycles. The second-order valence-corrected chi connectivity index (χ2v) is 6.09. The maximum Gasteiger partial charge on any atom is 0.285 e. The van der Waals surface area contributed by atoms with Crippen molar-refractivity contribution in [2.24, 2.45) is 10.7 Å². The topological polar surface area (TPSA) is 42.7 Å². The minimum atomic E-state index is -1.33. The van der Waals surface area contributed by atoms with E-state index in [0.29, 0.717) is 10.9 Å². The van der Waals surface area contributed by atoms with Gasteiger partial charge in [0.15, 0.2) is 5.84 Å². The van der Waals surface area contributed by atoms with Crippen LogP contribution in [0.3, 0.4) is 0 Å². The molecule has 0 fully saturated rings. The molecule has 0 saturated heterocycles. The molecule has 0 amide bonds. The molecule has 21 heavy (non-hydrogen) atoms. The highest BCUT2D eigenvalue weighted by Crippen LogP contribution is 2.41. The average Bonchev–Trinajstić information content (AvgIpc) is 2.45. The third-order valence-corrected chi connectivity index (χ3v) is 4.30. The first kappa shape index (κ1) is 17.9. The summed E-state index contributed by atoms with van der Waals surface area (Å²) < 4.78 is 28.3. The van der Waals surface area contributed by atoms with Crippen molar-refractivity contribution in [1.29, 1.82) is 0 Å². The summed E-state index contributed by atoms with van der Waals surface area (Å²) in [5.74, 6) is -0.454. The number of halogens is 3. The van der Waals surface area contributed by atoms with E-state index in [2.05, 4.69) is 25.8 Å². The smallest absolute Gasteiger partial charge is 0.285 e. The van der Waals surface area contributed by atoms with Gasteiger partial charge in [0.25, 0.3) is 5.54 Å². The SMILES string of the molecule is S.[C-]#[N+]C1(C)CC[C@@](CF)(c2cc(Br)ccc2F)N=C1N. The molecule has 1 aromatic rings. The zero-order valence-corrected chi connectivity index (χ0v) is 14.0. The van der Waals surface area contributed by atoms with Gasteiger partial charge < -0.3 is 10.6 Å². The monoisotopic (exact) mass is 375 g/mol. The average molecular weight is 376 g/mol. The lowest BCUT2D eigenvalue weighted by atomic mass is 9.78. The number of amidine groups is 1. The van der Waals surface area contributed by atoms with Crippen molar-refractivity contribution < 1.29 is 8.78 Å². The molecule has 2 atom stereocenters. The van der Waals surface area contributed by atoms with E-state index in [0.717, 1.165) is 0 Å². The van der Waals surface area contributed by atoms with Crippen LogP contribution in [0.1, 0.15) is 25.3 Å². The fourth-order valence-corrected chi connectivity index (χ4v) is 2.68. The predicted molar refractivity (Wildman–Crippen MR) is 88.0 cm³/mol. The highest BCUT2D eigenvalue weighted by Gasteiger charge is 2.48. The number of hydrogen-bond donors (Lipinski definition) is 1. The molecule has 0 saturated carbocycles. The Morgan fingerprint density at radius 1 is 1.48 bits per heavy atom. The van der Waals surface area contributed by atoms with Gasteiger partial charge in [-0.05, 0) is 24.6 Å². The molecule has 1 aliphatic rings. The highest BCUT2D eigenvalue weighted by molar-refractivity contribution is 9.10. The molecule has 2 rings (SSSR count). The Kier molecular flexibility index (Phi) is 5.40. The predicted octanol–water partition coefficient (Wildman–Crippen LogP) is 3.69. The number of hydrogen-bond acceptors (Lipinski definition) is 2. The van der Waals surface area contributed by atoms with Crippen molar-refractivity contribution in [2.45, 2.75) is 30.8 Å². The van der Waals surface area contributed by atoms with Crippen LogP contribution in [0, 0.1) is 12.4 Å². The molecule has 0 spiro atoms. The Morgan fingerprint density at radius 2 is 2.14 bits per heavy atom. The Hall–Kier alpha value is -1.13. The molecule has 7 heteroatoms. The molecule has 3 nitrogen and oxygen atoms in total. The normalized spacial score (nSPS) is 28.2. The van der Waals surface area contributed by atoms with Crippen molar-refractivity contribution in [3.05, 3.63) is 45.5 Å². The largest absolute Gasteiger partial charge is 0.381 e. The van der Waals surface area contributed by atoms with Crippen molar-refractivity contribution in [3.8, 4) is 0 Å².